The highest BCUT2D eigenvalue weighted by atomic mass is 35.5. The van der Waals surface area contributed by atoms with Crippen LogP contribution in [0.3, 0.4) is 0 Å². The van der Waals surface area contributed by atoms with Crippen LogP contribution in [0, 0.1) is 0 Å². The quantitative estimate of drug-likeness (QED) is 0.311. The Morgan fingerprint density at radius 2 is 1.34 bits per heavy atom. The number of hydrogen-bond acceptors (Lipinski definition) is 4. The molecule has 0 aliphatic carbocycles. The molecule has 0 fully saturated rings. The highest BCUT2D eigenvalue weighted by molar-refractivity contribution is 7.87. The van der Waals surface area contributed by atoms with Crippen molar-refractivity contribution in [3.8, 4) is 11.5 Å². The van der Waals surface area contributed by atoms with Crippen LogP contribution in [0.1, 0.15) is 16.7 Å². The maximum absolute atomic E-state index is 13.0. The Morgan fingerprint density at radius 3 is 1.90 bits per heavy atom. The Morgan fingerprint density at radius 1 is 0.759 bits per heavy atom. The zero-order chi connectivity index (χ0) is 21.6. The molecular weight excluding hydrogens is 482 g/mol. The van der Waals surface area contributed by atoms with Gasteiger partial charge in [0, 0.05) is 36.8 Å². The molecule has 0 saturated heterocycles. The van der Waals surface area contributed by atoms with Gasteiger partial charge in [-0.2, -0.15) is 8.42 Å². The first-order valence-corrected chi connectivity index (χ1v) is 10.8. The molecule has 3 aromatic rings. The molecule has 10 heteroatoms. The van der Waals surface area contributed by atoms with Crippen molar-refractivity contribution in [2.75, 3.05) is 0 Å². The first kappa shape index (κ1) is 22.0. The van der Waals surface area contributed by atoms with Crippen LogP contribution < -0.4 is 0 Å². The summed E-state index contributed by atoms with van der Waals surface area (Å²) in [6.07, 6.45) is 0. The second-order valence-electron chi connectivity index (χ2n) is 6.08. The molecule has 1 atom stereocenters. The van der Waals surface area contributed by atoms with Crippen LogP contribution in [0.2, 0.25) is 20.1 Å². The molecule has 0 amide bonds. The summed E-state index contributed by atoms with van der Waals surface area (Å²) < 4.78 is 34.0. The third-order valence-corrected chi connectivity index (χ3v) is 6.92. The fourth-order valence-electron chi connectivity index (χ4n) is 3.25. The number of benzene rings is 3. The Bertz CT molecular complexity index is 1190. The molecule has 0 aliphatic rings. The van der Waals surface area contributed by atoms with Crippen LogP contribution in [0.25, 0.3) is 0 Å². The molecule has 0 aliphatic heterocycles. The second kappa shape index (κ2) is 7.87. The van der Waals surface area contributed by atoms with Crippen molar-refractivity contribution in [2.24, 2.45) is 0 Å². The molecule has 0 spiro atoms. The lowest BCUT2D eigenvalue weighted by molar-refractivity contribution is 0.439. The molecule has 152 valence electrons. The molecule has 5 nitrogen and oxygen atoms in total. The fraction of sp³-hybridized carbons (Fsp3) is 0.0526. The van der Waals surface area contributed by atoms with Gasteiger partial charge in [-0.3, -0.25) is 4.55 Å². The standard InChI is InChI=1S/C19H12Cl4O5S/c20-10-7-15(22)18(16(23)8-10)19(29(26,27)28,12-3-1-2-4-17(12)25)13-9-11(24)5-6-14(13)21/h1-9,24-25H,(H,26,27,28). The van der Waals surface area contributed by atoms with E-state index in [1.54, 1.807) is 0 Å². The lowest BCUT2D eigenvalue weighted by atomic mass is 9.83. The summed E-state index contributed by atoms with van der Waals surface area (Å²) in [5.74, 6) is -0.819. The van der Waals surface area contributed by atoms with Gasteiger partial charge in [-0.15, -0.1) is 0 Å². The predicted octanol–water partition coefficient (Wildman–Crippen LogP) is 5.89. The lowest BCUT2D eigenvalue weighted by Crippen LogP contribution is -2.39. The maximum atomic E-state index is 13.0. The molecule has 0 bridgehead atoms. The number of phenolic OH excluding ortho intramolecular Hbond substituents is 2. The Balaban J connectivity index is 2.68. The van der Waals surface area contributed by atoms with Crippen molar-refractivity contribution in [1.82, 2.24) is 0 Å². The van der Waals surface area contributed by atoms with E-state index in [9.17, 15) is 23.2 Å². The van der Waals surface area contributed by atoms with Gasteiger partial charge < -0.3 is 10.2 Å². The highest BCUT2D eigenvalue weighted by Gasteiger charge is 2.53. The van der Waals surface area contributed by atoms with Crippen molar-refractivity contribution in [1.29, 1.82) is 0 Å². The Kier molecular flexibility index (Phi) is 5.98. The van der Waals surface area contributed by atoms with Gasteiger partial charge in [0.2, 0.25) is 0 Å². The normalized spacial score (nSPS) is 13.8. The number of aromatic hydroxyl groups is 2. The van der Waals surface area contributed by atoms with Gasteiger partial charge in [0.1, 0.15) is 11.5 Å². The molecule has 3 rings (SSSR count). The molecule has 3 aromatic carbocycles. The summed E-state index contributed by atoms with van der Waals surface area (Å²) in [7, 11) is -5.17. The monoisotopic (exact) mass is 492 g/mol. The third kappa shape index (κ3) is 3.65. The van der Waals surface area contributed by atoms with E-state index in [1.165, 1.54) is 48.5 Å². The van der Waals surface area contributed by atoms with Crippen LogP contribution in [0.5, 0.6) is 11.5 Å². The van der Waals surface area contributed by atoms with Crippen LogP contribution in [-0.4, -0.2) is 23.2 Å². The Labute approximate surface area is 186 Å². The van der Waals surface area contributed by atoms with Crippen molar-refractivity contribution in [3.05, 3.63) is 91.4 Å². The smallest absolute Gasteiger partial charge is 0.283 e. The topological polar surface area (TPSA) is 94.8 Å². The average molecular weight is 494 g/mol. The number of halogens is 4. The summed E-state index contributed by atoms with van der Waals surface area (Å²) in [6.45, 7) is 0. The molecule has 1 unspecified atom stereocenters. The van der Waals surface area contributed by atoms with E-state index in [0.29, 0.717) is 0 Å². The minimum atomic E-state index is -5.17. The number of para-hydroxylation sites is 1. The van der Waals surface area contributed by atoms with Crippen molar-refractivity contribution in [3.63, 3.8) is 0 Å². The van der Waals surface area contributed by atoms with Gasteiger partial charge in [0.05, 0.1) is 0 Å². The van der Waals surface area contributed by atoms with Gasteiger partial charge >= 0.3 is 0 Å². The average Bonchev–Trinajstić information content (AvgIpc) is 2.60. The maximum Gasteiger partial charge on any atom is 0.283 e. The molecule has 0 heterocycles. The largest absolute Gasteiger partial charge is 0.508 e. The summed E-state index contributed by atoms with van der Waals surface area (Å²) in [4.78, 5) is 0. The summed E-state index contributed by atoms with van der Waals surface area (Å²) in [5.41, 5.74) is -0.836. The highest BCUT2D eigenvalue weighted by Crippen LogP contribution is 2.53. The van der Waals surface area contributed by atoms with E-state index < -0.39 is 20.6 Å². The number of hydrogen-bond donors (Lipinski definition) is 3. The van der Waals surface area contributed by atoms with E-state index in [4.69, 9.17) is 46.4 Å². The van der Waals surface area contributed by atoms with Gasteiger partial charge in [-0.25, -0.2) is 0 Å². The second-order valence-corrected chi connectivity index (χ2v) is 9.30. The fourth-order valence-corrected chi connectivity index (χ4v) is 6.16. The van der Waals surface area contributed by atoms with Crippen molar-refractivity contribution < 1.29 is 23.2 Å². The van der Waals surface area contributed by atoms with Crippen molar-refractivity contribution in [2.45, 2.75) is 4.75 Å². The first-order valence-electron chi connectivity index (χ1n) is 7.89. The van der Waals surface area contributed by atoms with Gasteiger partial charge in [-0.1, -0.05) is 64.6 Å². The molecule has 0 saturated carbocycles. The van der Waals surface area contributed by atoms with Gasteiger partial charge in [-0.05, 0) is 36.4 Å². The molecule has 0 radical (unpaired) electrons. The van der Waals surface area contributed by atoms with Crippen LogP contribution >= 0.6 is 46.4 Å². The minimum Gasteiger partial charge on any atom is -0.508 e. The van der Waals surface area contributed by atoms with E-state index in [2.05, 4.69) is 0 Å². The molecular formula is C19H12Cl4O5S. The number of phenols is 2. The minimum absolute atomic E-state index is 0.118. The zero-order valence-corrected chi connectivity index (χ0v) is 18.1. The van der Waals surface area contributed by atoms with E-state index in [1.807, 2.05) is 0 Å². The molecule has 29 heavy (non-hydrogen) atoms. The van der Waals surface area contributed by atoms with Crippen molar-refractivity contribution >= 4 is 56.5 Å². The summed E-state index contributed by atoms with van der Waals surface area (Å²) >= 11 is 24.9. The lowest BCUT2D eigenvalue weighted by Gasteiger charge is -2.34. The Hall–Kier alpha value is -1.67. The predicted molar refractivity (Wildman–Crippen MR) is 114 cm³/mol. The van der Waals surface area contributed by atoms with Gasteiger partial charge in [0.25, 0.3) is 10.1 Å². The van der Waals surface area contributed by atoms with E-state index in [0.717, 1.165) is 6.07 Å². The molecule has 0 aromatic heterocycles. The molecule has 3 N–H and O–H groups in total. The first-order chi connectivity index (χ1) is 13.5. The van der Waals surface area contributed by atoms with Crippen LogP contribution in [0.4, 0.5) is 0 Å². The SMILES string of the molecule is O=S(=O)(O)C(c1ccccc1O)(c1cc(O)ccc1Cl)c1c(Cl)cc(Cl)cc1Cl. The zero-order valence-electron chi connectivity index (χ0n) is 14.3. The summed E-state index contributed by atoms with van der Waals surface area (Å²) in [5, 5.41) is 20.1. The van der Waals surface area contributed by atoms with Crippen LogP contribution in [0.15, 0.2) is 54.6 Å². The van der Waals surface area contributed by atoms with E-state index in [-0.39, 0.29) is 42.5 Å². The summed E-state index contributed by atoms with van der Waals surface area (Å²) in [6, 6.07) is 11.4. The van der Waals surface area contributed by atoms with Gasteiger partial charge in [0.15, 0.2) is 4.75 Å². The number of rotatable bonds is 4. The third-order valence-electron chi connectivity index (χ3n) is 4.36. The van der Waals surface area contributed by atoms with E-state index >= 15 is 0 Å². The van der Waals surface area contributed by atoms with Crippen LogP contribution in [-0.2, 0) is 14.9 Å².